The van der Waals surface area contributed by atoms with Gasteiger partial charge < -0.3 is 14.2 Å². The molecule has 2 aromatic heterocycles. The van der Waals surface area contributed by atoms with Crippen LogP contribution in [0.1, 0.15) is 84.4 Å². The zero-order valence-electron chi connectivity index (χ0n) is 32.4. The number of thiazole rings is 1. The Hall–Kier alpha value is -4.78. The number of pyridine rings is 1. The van der Waals surface area contributed by atoms with Crippen LogP contribution in [0.5, 0.6) is 17.2 Å². The number of rotatable bonds is 9. The number of para-hydroxylation sites is 1. The first-order valence-electron chi connectivity index (χ1n) is 18.6. The van der Waals surface area contributed by atoms with Gasteiger partial charge in [-0.1, -0.05) is 56.7 Å². The highest BCUT2D eigenvalue weighted by Crippen LogP contribution is 2.46. The molecule has 288 valence electrons. The maximum Gasteiger partial charge on any atom is 0.258 e. The molecular weight excluding hydrogens is 733 g/mol. The van der Waals surface area contributed by atoms with Gasteiger partial charge in [0, 0.05) is 29.8 Å². The molecule has 3 heterocycles. The van der Waals surface area contributed by atoms with E-state index in [4.69, 9.17) is 24.2 Å². The normalized spacial score (nSPS) is 17.6. The molecular formula is C43H48N4O6S2. The van der Waals surface area contributed by atoms with E-state index >= 15 is 0 Å². The number of sulfonamides is 1. The summed E-state index contributed by atoms with van der Waals surface area (Å²) >= 11 is 1.39. The van der Waals surface area contributed by atoms with Gasteiger partial charge in [0.1, 0.15) is 0 Å². The van der Waals surface area contributed by atoms with Crippen LogP contribution in [0.4, 0.5) is 5.13 Å². The molecule has 0 saturated carbocycles. The summed E-state index contributed by atoms with van der Waals surface area (Å²) in [5.74, 6) is 1.74. The lowest BCUT2D eigenvalue weighted by atomic mass is 9.69. The van der Waals surface area contributed by atoms with E-state index in [2.05, 4.69) is 32.2 Å². The first-order valence-corrected chi connectivity index (χ1v) is 20.9. The lowest BCUT2D eigenvalue weighted by molar-refractivity contribution is 0.102. The number of benzene rings is 3. The summed E-state index contributed by atoms with van der Waals surface area (Å²) in [6, 6.07) is 18.6. The number of aryl methyl sites for hydroxylation is 1. The quantitative estimate of drug-likeness (QED) is 0.158. The molecule has 1 amide bonds. The van der Waals surface area contributed by atoms with Gasteiger partial charge in [-0.15, -0.1) is 11.3 Å². The van der Waals surface area contributed by atoms with E-state index in [0.29, 0.717) is 65.2 Å². The number of piperidine rings is 1. The minimum Gasteiger partial charge on any atom is -0.493 e. The van der Waals surface area contributed by atoms with Gasteiger partial charge in [-0.2, -0.15) is 4.31 Å². The Bertz CT molecular complexity index is 2350. The SMILES string of the molecule is COc1cc(/C=C2/CC(C(C)(C)C)Cc3c2nc2ccccc2c3C(=O)Nc2nc(C3CCN(S(=O)(=O)c4ccc(C)cc4)CC3)cs2)cc(OC)c1OC. The van der Waals surface area contributed by atoms with Crippen molar-refractivity contribution < 1.29 is 27.4 Å². The summed E-state index contributed by atoms with van der Waals surface area (Å²) in [6.45, 7) is 9.50. The van der Waals surface area contributed by atoms with Crippen LogP contribution in [0, 0.1) is 18.3 Å². The molecule has 10 nitrogen and oxygen atoms in total. The van der Waals surface area contributed by atoms with Crippen molar-refractivity contribution in [2.45, 2.75) is 64.2 Å². The molecule has 1 aliphatic heterocycles. The number of anilines is 1. The average Bonchev–Trinajstić information content (AvgIpc) is 3.64. The number of aromatic nitrogens is 2. The van der Waals surface area contributed by atoms with Gasteiger partial charge in [0.15, 0.2) is 16.6 Å². The van der Waals surface area contributed by atoms with Gasteiger partial charge in [0.05, 0.1) is 48.7 Å². The fraction of sp³-hybridized carbons (Fsp3) is 0.372. The first-order chi connectivity index (χ1) is 26.3. The van der Waals surface area contributed by atoms with Crippen LogP contribution < -0.4 is 19.5 Å². The van der Waals surface area contributed by atoms with Gasteiger partial charge in [0.2, 0.25) is 15.8 Å². The van der Waals surface area contributed by atoms with Crippen LogP contribution >= 0.6 is 11.3 Å². The molecule has 12 heteroatoms. The number of methoxy groups -OCH3 is 3. The van der Waals surface area contributed by atoms with Crippen LogP contribution in [-0.2, 0) is 16.4 Å². The molecule has 0 bridgehead atoms. The van der Waals surface area contributed by atoms with Gasteiger partial charge in [-0.05, 0) is 97.0 Å². The Morgan fingerprint density at radius 3 is 2.24 bits per heavy atom. The molecule has 2 aliphatic rings. The number of hydrogen-bond acceptors (Lipinski definition) is 9. The Balaban J connectivity index is 1.19. The van der Waals surface area contributed by atoms with Crippen molar-refractivity contribution in [3.8, 4) is 17.2 Å². The van der Waals surface area contributed by atoms with E-state index in [1.54, 1.807) is 37.8 Å². The highest BCUT2D eigenvalue weighted by Gasteiger charge is 2.36. The van der Waals surface area contributed by atoms with Crippen molar-refractivity contribution in [2.24, 2.45) is 11.3 Å². The molecule has 0 spiro atoms. The molecule has 1 atom stereocenters. The van der Waals surface area contributed by atoms with E-state index in [-0.39, 0.29) is 23.2 Å². The molecule has 55 heavy (non-hydrogen) atoms. The van der Waals surface area contributed by atoms with Crippen molar-refractivity contribution >= 4 is 55.0 Å². The van der Waals surface area contributed by atoms with E-state index in [9.17, 15) is 13.2 Å². The summed E-state index contributed by atoms with van der Waals surface area (Å²) in [4.78, 5) is 24.9. The number of nitrogens with zero attached hydrogens (tertiary/aromatic N) is 3. The Morgan fingerprint density at radius 1 is 0.927 bits per heavy atom. The number of carbonyl (C=O) groups excluding carboxylic acids is 1. The van der Waals surface area contributed by atoms with Crippen LogP contribution in [-0.4, -0.2) is 63.0 Å². The number of fused-ring (bicyclic) bond motifs is 2. The molecule has 5 aromatic rings. The Labute approximate surface area is 327 Å². The Kier molecular flexibility index (Phi) is 10.8. The van der Waals surface area contributed by atoms with Gasteiger partial charge >= 0.3 is 0 Å². The molecule has 1 N–H and O–H groups in total. The lowest BCUT2D eigenvalue weighted by Gasteiger charge is -2.37. The topological polar surface area (TPSA) is 120 Å². The van der Waals surface area contributed by atoms with Crippen molar-refractivity contribution in [1.29, 1.82) is 0 Å². The molecule has 0 radical (unpaired) electrons. The predicted molar refractivity (Wildman–Crippen MR) is 219 cm³/mol. The standard InChI is InChI=1S/C43H48N4O6S2/c1-26-12-14-31(15-13-26)55(49,50)47-18-16-28(17-19-47)35-25-54-42(45-35)46-41(48)38-32-10-8-9-11-34(32)44-39-29(23-30(24-33(38)39)43(2,3)4)20-27-21-36(51-5)40(53-7)37(22-27)52-6/h8-15,20-22,25,28,30H,16-19,23-24H2,1-7H3,(H,45,46,48)/b29-20-. The van der Waals surface area contributed by atoms with Gasteiger partial charge in [-0.3, -0.25) is 10.1 Å². The predicted octanol–water partition coefficient (Wildman–Crippen LogP) is 9.00. The number of amides is 1. The molecule has 7 rings (SSSR count). The van der Waals surface area contributed by atoms with Crippen LogP contribution in [0.3, 0.4) is 0 Å². The number of allylic oxidation sites excluding steroid dienone is 1. The molecule has 1 aliphatic carbocycles. The summed E-state index contributed by atoms with van der Waals surface area (Å²) in [6.07, 6.45) is 4.90. The molecule has 1 fully saturated rings. The van der Waals surface area contributed by atoms with Crippen LogP contribution in [0.2, 0.25) is 0 Å². The minimum atomic E-state index is -3.56. The second-order valence-corrected chi connectivity index (χ2v) is 18.2. The fourth-order valence-corrected chi connectivity index (χ4v) is 9.98. The molecule has 1 saturated heterocycles. The van der Waals surface area contributed by atoms with Gasteiger partial charge in [-0.25, -0.2) is 18.4 Å². The van der Waals surface area contributed by atoms with Gasteiger partial charge in [0.25, 0.3) is 5.91 Å². The smallest absolute Gasteiger partial charge is 0.258 e. The fourth-order valence-electron chi connectivity index (χ4n) is 7.72. The van der Waals surface area contributed by atoms with Crippen LogP contribution in [0.15, 0.2) is 70.9 Å². The minimum absolute atomic E-state index is 0.0509. The second kappa shape index (κ2) is 15.4. The van der Waals surface area contributed by atoms with Crippen molar-refractivity contribution in [3.05, 3.63) is 99.7 Å². The lowest BCUT2D eigenvalue weighted by Crippen LogP contribution is -2.37. The third kappa shape index (κ3) is 7.72. The van der Waals surface area contributed by atoms with E-state index in [0.717, 1.165) is 51.0 Å². The van der Waals surface area contributed by atoms with E-state index < -0.39 is 10.0 Å². The van der Waals surface area contributed by atoms with Crippen LogP contribution in [0.25, 0.3) is 22.6 Å². The molecule has 3 aromatic carbocycles. The number of nitrogens with one attached hydrogen (secondary N) is 1. The van der Waals surface area contributed by atoms with Crippen molar-refractivity contribution in [1.82, 2.24) is 14.3 Å². The van der Waals surface area contributed by atoms with E-state index in [1.807, 2.05) is 60.8 Å². The number of hydrogen-bond donors (Lipinski definition) is 1. The highest BCUT2D eigenvalue weighted by atomic mass is 32.2. The third-order valence-corrected chi connectivity index (χ3v) is 13.7. The number of carbonyl (C=O) groups is 1. The zero-order chi connectivity index (χ0) is 39.1. The summed E-state index contributed by atoms with van der Waals surface area (Å²) in [5, 5.41) is 6.44. The number of ether oxygens (including phenoxy) is 3. The maximum atomic E-state index is 14.5. The second-order valence-electron chi connectivity index (χ2n) is 15.5. The summed E-state index contributed by atoms with van der Waals surface area (Å²) < 4.78 is 45.1. The first kappa shape index (κ1) is 38.5. The van der Waals surface area contributed by atoms with Crippen molar-refractivity contribution in [2.75, 3.05) is 39.7 Å². The third-order valence-electron chi connectivity index (χ3n) is 11.0. The largest absolute Gasteiger partial charge is 0.493 e. The Morgan fingerprint density at radius 2 is 1.60 bits per heavy atom. The summed E-state index contributed by atoms with van der Waals surface area (Å²) in [5.41, 5.74) is 6.82. The maximum absolute atomic E-state index is 14.5. The monoisotopic (exact) mass is 780 g/mol. The van der Waals surface area contributed by atoms with E-state index in [1.165, 1.54) is 11.3 Å². The van der Waals surface area contributed by atoms with Crippen molar-refractivity contribution in [3.63, 3.8) is 0 Å². The zero-order valence-corrected chi connectivity index (χ0v) is 34.1. The highest BCUT2D eigenvalue weighted by molar-refractivity contribution is 7.89. The average molecular weight is 781 g/mol. The molecule has 1 unspecified atom stereocenters. The summed E-state index contributed by atoms with van der Waals surface area (Å²) in [7, 11) is 1.23.